The quantitative estimate of drug-likeness (QED) is 0.0280. The highest BCUT2D eigenvalue weighted by atomic mass is 16.4. The van der Waals surface area contributed by atoms with Gasteiger partial charge < -0.3 is 132 Å². The Hall–Kier alpha value is -13.8. The topological polar surface area (TPSA) is 717 Å². The fourth-order valence-corrected chi connectivity index (χ4v) is 14.0. The van der Waals surface area contributed by atoms with Crippen molar-refractivity contribution >= 4 is 136 Å². The first-order valence-electron chi connectivity index (χ1n) is 46.5. The number of hydrogen-bond donors (Lipinski definition) is 24. The molecule has 0 unspecified atom stereocenters. The number of carbonyl (C=O) groups excluding carboxylic acids is 20. The number of aliphatic hydroxyl groups is 1. The number of rotatable bonds is 56. The van der Waals surface area contributed by atoms with Gasteiger partial charge in [-0.25, -0.2) is 0 Å². The van der Waals surface area contributed by atoms with Gasteiger partial charge in [0.25, 0.3) is 0 Å². The van der Waals surface area contributed by atoms with E-state index < -0.39 is 297 Å². The Labute approximate surface area is 825 Å². The summed E-state index contributed by atoms with van der Waals surface area (Å²) in [6.45, 7) is 30.8. The zero-order valence-electron chi connectivity index (χ0n) is 85.4. The molecule has 0 aromatic heterocycles. The lowest BCUT2D eigenvalue weighted by molar-refractivity contribution is -0.146. The highest BCUT2D eigenvalue weighted by Gasteiger charge is 2.48. The third kappa shape index (κ3) is 39.3. The number of carbonyl (C=O) groups is 23. The summed E-state index contributed by atoms with van der Waals surface area (Å²) in [5, 5.41) is 88.9. The van der Waals surface area contributed by atoms with Crippen LogP contribution >= 0.6 is 0 Å². The second-order valence-electron chi connectivity index (χ2n) is 40.3. The standard InChI is InChI=1S/C94H147N21O27/c1-50(2)67(76(133)112-93(21,22)84(141)113-91(17,18)82(139)103-59(38-41-65(121)122)72(129)102-58(37-40-64(119)120)71(128)100-57(48-95-43-45-116)46-55-32-27-25-28-33-55)105-75(132)62-36-31-44-115(62)85(142)94(23,24)114-83(140)92(19,20)107-63(118)49-96-77(134)86(7,8)111-74(131)61(47-56-34-29-26-30-35-56)104-81(138)90(15,16)110-73(130)60(39-42-66(123)124)101-68(125)51(3)97-79(136)88(11,12)108-70(127)53(5)99-80(137)89(13,14)109-69(126)52(4)98-78(135)87(9,10)106-54(6)117/h25-30,32-35,50-53,57-62,67,95,116H,31,36-49H2,1-24H3,(H,96,134)(H,97,136)(H,98,135)(H,99,137)(H,100,128)(H,101,125)(H,102,129)(H,103,139)(H,104,138)(H,105,132)(H,106,117)(H,107,118)(H,108,127)(H,109,126)(H,110,130)(H,111,131)(H,112,133)(H,113,141)(H,114,140)(H,119,120)(H,121,122)(H,123,124)/t51-,52-,53-,57-,58-,59-,60-,61-,62-,67-/m0/s1. The van der Waals surface area contributed by atoms with E-state index in [-0.39, 0.29) is 51.9 Å². The minimum Gasteiger partial charge on any atom is -0.481 e. The van der Waals surface area contributed by atoms with E-state index in [0.717, 1.165) is 5.56 Å². The number of aliphatic carboxylic acids is 3. The van der Waals surface area contributed by atoms with E-state index in [2.05, 4.69) is 106 Å². The number of likely N-dealkylation sites (tertiary alicyclic amines) is 1. The lowest BCUT2D eigenvalue weighted by Gasteiger charge is -2.36. The van der Waals surface area contributed by atoms with Crippen molar-refractivity contribution in [1.29, 1.82) is 0 Å². The van der Waals surface area contributed by atoms with E-state index in [9.17, 15) is 131 Å². The van der Waals surface area contributed by atoms with Gasteiger partial charge in [0, 0.05) is 58.3 Å². The molecule has 24 N–H and O–H groups in total. The third-order valence-electron chi connectivity index (χ3n) is 22.8. The average Bonchev–Trinajstić information content (AvgIpc) is 1.60. The van der Waals surface area contributed by atoms with Crippen LogP contribution in [0.1, 0.15) is 229 Å². The van der Waals surface area contributed by atoms with Crippen LogP contribution in [0.5, 0.6) is 0 Å². The molecule has 1 heterocycles. The number of carboxylic acids is 3. The molecule has 0 bridgehead atoms. The van der Waals surface area contributed by atoms with Crippen LogP contribution in [0.15, 0.2) is 60.7 Å². The Balaban J connectivity index is 1.68. The number of hydrogen-bond acceptors (Lipinski definition) is 25. The molecule has 2 aromatic rings. The molecular formula is C94H147N21O27. The summed E-state index contributed by atoms with van der Waals surface area (Å²) in [7, 11) is 0. The summed E-state index contributed by atoms with van der Waals surface area (Å²) in [6.07, 6.45) is -3.09. The molecule has 2 aromatic carbocycles. The van der Waals surface area contributed by atoms with Crippen LogP contribution < -0.4 is 106 Å². The van der Waals surface area contributed by atoms with Crippen molar-refractivity contribution in [3.63, 3.8) is 0 Å². The van der Waals surface area contributed by atoms with E-state index in [1.54, 1.807) is 62.4 Å². The van der Waals surface area contributed by atoms with Crippen molar-refractivity contribution in [3.05, 3.63) is 71.8 Å². The maximum absolute atomic E-state index is 14.5. The van der Waals surface area contributed by atoms with Gasteiger partial charge in [-0.15, -0.1) is 0 Å². The van der Waals surface area contributed by atoms with Crippen molar-refractivity contribution in [2.24, 2.45) is 5.92 Å². The van der Waals surface area contributed by atoms with E-state index in [0.29, 0.717) is 5.56 Å². The Bertz CT molecular complexity index is 4940. The molecule has 48 heteroatoms. The molecule has 0 radical (unpaired) electrons. The Morgan fingerprint density at radius 3 is 1.14 bits per heavy atom. The SMILES string of the molecule is CC(=O)NC(C)(C)C(=O)N[C@@H](C)C(=O)NC(C)(C)C(=O)N[C@@H](C)C(=O)NC(C)(C)C(=O)N[C@@H](C)C(=O)N[C@@H](CCC(=O)O)C(=O)NC(C)(C)C(=O)N[C@@H](Cc1ccccc1)C(=O)NC(C)(C)C(=O)NCC(=O)NC(C)(C)C(=O)NC(C)(C)C(=O)N1CCC[C@H]1C(=O)N[C@H](C(=O)NC(C)(C)C(=O)NC(C)(C)C(=O)N[C@@H](CCC(=O)O)C(=O)N[C@@H](CCC(=O)O)C(=O)N[C@H](CNCCO)Cc1ccccc1)C(C)C. The van der Waals surface area contributed by atoms with Gasteiger partial charge in [-0.05, 0) is 201 Å². The normalized spacial score (nSPS) is 15.0. The lowest BCUT2D eigenvalue weighted by Crippen LogP contribution is -2.66. The molecule has 48 nitrogen and oxygen atoms in total. The number of carboxylic acid groups (broad SMARTS) is 3. The van der Waals surface area contributed by atoms with Crippen LogP contribution in [0.2, 0.25) is 0 Å². The minimum absolute atomic E-state index is 0.00487. The molecule has 142 heavy (non-hydrogen) atoms. The first kappa shape index (κ1) is 122. The van der Waals surface area contributed by atoms with Crippen LogP contribution in [0.4, 0.5) is 0 Å². The van der Waals surface area contributed by atoms with Crippen LogP contribution in [0.25, 0.3) is 0 Å². The van der Waals surface area contributed by atoms with Crippen LogP contribution in [-0.2, 0) is 123 Å². The summed E-state index contributed by atoms with van der Waals surface area (Å²) in [5.41, 5.74) is -14.9. The second kappa shape index (κ2) is 52.6. The fraction of sp³-hybridized carbons (Fsp3) is 0.628. The molecule has 790 valence electrons. The maximum atomic E-state index is 14.5. The number of benzene rings is 2. The molecule has 1 saturated heterocycles. The van der Waals surface area contributed by atoms with Gasteiger partial charge in [0.1, 0.15) is 104 Å². The Morgan fingerprint density at radius 2 is 0.704 bits per heavy atom. The molecular weight excluding hydrogens is 1860 g/mol. The first-order chi connectivity index (χ1) is 65.2. The second-order valence-corrected chi connectivity index (χ2v) is 40.3. The van der Waals surface area contributed by atoms with Crippen LogP contribution in [0.3, 0.4) is 0 Å². The Morgan fingerprint density at radius 1 is 0.359 bits per heavy atom. The van der Waals surface area contributed by atoms with Gasteiger partial charge in [0.2, 0.25) is 118 Å². The molecule has 10 atom stereocenters. The van der Waals surface area contributed by atoms with E-state index >= 15 is 0 Å². The number of nitrogens with one attached hydrogen (secondary N) is 20. The summed E-state index contributed by atoms with van der Waals surface area (Å²) >= 11 is 0. The monoisotopic (exact) mass is 2000 g/mol. The van der Waals surface area contributed by atoms with Crippen molar-refractivity contribution in [3.8, 4) is 0 Å². The van der Waals surface area contributed by atoms with E-state index in [1.165, 1.54) is 157 Å². The van der Waals surface area contributed by atoms with Crippen molar-refractivity contribution in [1.82, 2.24) is 111 Å². The van der Waals surface area contributed by atoms with E-state index in [1.807, 2.05) is 12.1 Å². The van der Waals surface area contributed by atoms with Crippen molar-refractivity contribution < 1.29 is 131 Å². The molecule has 1 aliphatic rings. The highest BCUT2D eigenvalue weighted by molar-refractivity contribution is 6.05. The van der Waals surface area contributed by atoms with Crippen molar-refractivity contribution in [2.45, 2.75) is 341 Å². The van der Waals surface area contributed by atoms with Crippen molar-refractivity contribution in [2.75, 3.05) is 32.8 Å². The molecule has 0 aliphatic carbocycles. The van der Waals surface area contributed by atoms with Gasteiger partial charge in [-0.2, -0.15) is 0 Å². The molecule has 0 spiro atoms. The summed E-state index contributed by atoms with van der Waals surface area (Å²) in [6, 6.07) is 3.48. The predicted octanol–water partition coefficient (Wildman–Crippen LogP) is -4.09. The van der Waals surface area contributed by atoms with Gasteiger partial charge in [-0.1, -0.05) is 74.5 Å². The number of aliphatic hydroxyl groups excluding tert-OH is 1. The van der Waals surface area contributed by atoms with Gasteiger partial charge in [0.15, 0.2) is 0 Å². The van der Waals surface area contributed by atoms with Gasteiger partial charge in [0.05, 0.1) is 13.2 Å². The largest absolute Gasteiger partial charge is 0.481 e. The summed E-state index contributed by atoms with van der Waals surface area (Å²) in [4.78, 5) is 313. The predicted molar refractivity (Wildman–Crippen MR) is 514 cm³/mol. The lowest BCUT2D eigenvalue weighted by atomic mass is 9.96. The van der Waals surface area contributed by atoms with Crippen LogP contribution in [0, 0.1) is 5.92 Å². The Kier molecular flexibility index (Phi) is 45.3. The van der Waals surface area contributed by atoms with Gasteiger partial charge >= 0.3 is 17.9 Å². The molecule has 0 saturated carbocycles. The zero-order chi connectivity index (χ0) is 109. The molecule has 3 rings (SSSR count). The fourth-order valence-electron chi connectivity index (χ4n) is 14.0. The zero-order valence-corrected chi connectivity index (χ0v) is 85.4. The third-order valence-corrected chi connectivity index (χ3v) is 22.8. The maximum Gasteiger partial charge on any atom is 0.303 e. The van der Waals surface area contributed by atoms with E-state index in [4.69, 9.17) is 0 Å². The minimum atomic E-state index is -1.98. The summed E-state index contributed by atoms with van der Waals surface area (Å²) in [5.74, 6) is -22.7. The number of nitrogens with zero attached hydrogens (tertiary/aromatic N) is 1. The number of amides is 20. The first-order valence-corrected chi connectivity index (χ1v) is 46.5. The molecule has 1 fully saturated rings. The smallest absolute Gasteiger partial charge is 0.303 e. The highest BCUT2D eigenvalue weighted by Crippen LogP contribution is 2.25. The van der Waals surface area contributed by atoms with Crippen LogP contribution in [-0.4, -0.2) is 304 Å². The summed E-state index contributed by atoms with van der Waals surface area (Å²) < 4.78 is 0. The molecule has 20 amide bonds. The average molecular weight is 2000 g/mol. The molecule has 1 aliphatic heterocycles. The van der Waals surface area contributed by atoms with Gasteiger partial charge in [-0.3, -0.25) is 110 Å².